The van der Waals surface area contributed by atoms with E-state index < -0.39 is 0 Å². The number of anilines is 1. The maximum absolute atomic E-state index is 12.9. The molecule has 2 heterocycles. The molecule has 2 aromatic carbocycles. The Morgan fingerprint density at radius 2 is 1.79 bits per heavy atom. The number of aryl methyl sites for hydroxylation is 1. The number of benzene rings is 2. The summed E-state index contributed by atoms with van der Waals surface area (Å²) in [6.07, 6.45) is 5.94. The maximum Gasteiger partial charge on any atom is 0.256 e. The topological polar surface area (TPSA) is 59.4 Å². The van der Waals surface area contributed by atoms with E-state index >= 15 is 0 Å². The molecule has 0 unspecified atom stereocenters. The van der Waals surface area contributed by atoms with E-state index in [4.69, 9.17) is 4.74 Å². The molecule has 1 aliphatic rings. The first-order valence-electron chi connectivity index (χ1n) is 9.93. The number of rotatable bonds is 5. The van der Waals surface area contributed by atoms with Crippen molar-refractivity contribution in [1.29, 1.82) is 0 Å². The molecule has 1 fully saturated rings. The maximum atomic E-state index is 12.9. The predicted molar refractivity (Wildman–Crippen MR) is 114 cm³/mol. The van der Waals surface area contributed by atoms with Gasteiger partial charge in [-0.1, -0.05) is 18.2 Å². The fraction of sp³-hybridized carbons (Fsp3) is 0.304. The largest absolute Gasteiger partial charge is 0.490 e. The van der Waals surface area contributed by atoms with Gasteiger partial charge in [-0.25, -0.2) is 4.98 Å². The molecule has 1 amide bonds. The van der Waals surface area contributed by atoms with Crippen LogP contribution in [0.3, 0.4) is 0 Å². The number of imidazole rings is 1. The molecule has 0 saturated carbocycles. The smallest absolute Gasteiger partial charge is 0.256 e. The zero-order chi connectivity index (χ0) is 20.2. The van der Waals surface area contributed by atoms with E-state index in [1.54, 1.807) is 6.20 Å². The number of nitrogens with one attached hydrogen (secondary N) is 1. The van der Waals surface area contributed by atoms with Gasteiger partial charge in [0.2, 0.25) is 0 Å². The summed E-state index contributed by atoms with van der Waals surface area (Å²) in [6.45, 7) is 2.13. The molecule has 3 aromatic rings. The summed E-state index contributed by atoms with van der Waals surface area (Å²) >= 11 is 0. The Morgan fingerprint density at radius 1 is 1.07 bits per heavy atom. The Bertz CT molecular complexity index is 973. The van der Waals surface area contributed by atoms with Crippen LogP contribution in [0.4, 0.5) is 5.69 Å². The molecule has 1 aromatic heterocycles. The van der Waals surface area contributed by atoms with E-state index in [-0.39, 0.29) is 12.0 Å². The number of piperidine rings is 1. The zero-order valence-electron chi connectivity index (χ0n) is 16.8. The van der Waals surface area contributed by atoms with Crippen molar-refractivity contribution in [3.63, 3.8) is 0 Å². The molecule has 6 heteroatoms. The quantitative estimate of drug-likeness (QED) is 0.720. The van der Waals surface area contributed by atoms with Crippen molar-refractivity contribution in [2.45, 2.75) is 18.9 Å². The molecular weight excluding hydrogens is 364 g/mol. The molecule has 1 N–H and O–H groups in total. The second kappa shape index (κ2) is 8.49. The van der Waals surface area contributed by atoms with Gasteiger partial charge in [-0.15, -0.1) is 0 Å². The Hall–Kier alpha value is -3.12. The third-order valence-electron chi connectivity index (χ3n) is 5.31. The minimum absolute atomic E-state index is 0.160. The van der Waals surface area contributed by atoms with E-state index in [0.29, 0.717) is 5.56 Å². The summed E-state index contributed by atoms with van der Waals surface area (Å²) in [7, 11) is 4.06. The molecule has 150 valence electrons. The fourth-order valence-electron chi connectivity index (χ4n) is 3.61. The van der Waals surface area contributed by atoms with Crippen LogP contribution in [0.2, 0.25) is 0 Å². The summed E-state index contributed by atoms with van der Waals surface area (Å²) < 4.78 is 7.98. The predicted octanol–water partition coefficient (Wildman–Crippen LogP) is 3.81. The van der Waals surface area contributed by atoms with Crippen LogP contribution in [0.25, 0.3) is 11.4 Å². The normalized spacial score (nSPS) is 15.2. The number of ether oxygens (including phenoxy) is 1. The van der Waals surface area contributed by atoms with Crippen molar-refractivity contribution in [2.24, 2.45) is 7.05 Å². The lowest BCUT2D eigenvalue weighted by molar-refractivity contribution is 0.102. The van der Waals surface area contributed by atoms with Gasteiger partial charge in [0.15, 0.2) is 0 Å². The van der Waals surface area contributed by atoms with Crippen LogP contribution < -0.4 is 10.1 Å². The highest BCUT2D eigenvalue weighted by atomic mass is 16.5. The van der Waals surface area contributed by atoms with E-state index in [0.717, 1.165) is 48.8 Å². The van der Waals surface area contributed by atoms with Crippen molar-refractivity contribution in [3.05, 3.63) is 66.5 Å². The molecule has 0 spiro atoms. The lowest BCUT2D eigenvalue weighted by Crippen LogP contribution is -2.35. The van der Waals surface area contributed by atoms with Crippen LogP contribution in [0.5, 0.6) is 5.75 Å². The lowest BCUT2D eigenvalue weighted by Gasteiger charge is -2.29. The minimum Gasteiger partial charge on any atom is -0.490 e. The Labute approximate surface area is 171 Å². The van der Waals surface area contributed by atoms with Gasteiger partial charge < -0.3 is 19.5 Å². The molecule has 0 atom stereocenters. The van der Waals surface area contributed by atoms with E-state index in [2.05, 4.69) is 22.2 Å². The fourth-order valence-corrected chi connectivity index (χ4v) is 3.61. The molecule has 6 nitrogen and oxygen atoms in total. The van der Waals surface area contributed by atoms with Gasteiger partial charge in [0, 0.05) is 43.8 Å². The summed E-state index contributed by atoms with van der Waals surface area (Å²) in [5.74, 6) is 1.44. The van der Waals surface area contributed by atoms with E-state index in [1.165, 1.54) is 0 Å². The van der Waals surface area contributed by atoms with Gasteiger partial charge in [0.05, 0.1) is 5.56 Å². The average Bonchev–Trinajstić information content (AvgIpc) is 3.17. The molecule has 1 saturated heterocycles. The van der Waals surface area contributed by atoms with Gasteiger partial charge in [-0.2, -0.15) is 0 Å². The third-order valence-corrected chi connectivity index (χ3v) is 5.31. The molecule has 0 radical (unpaired) electrons. The second-order valence-electron chi connectivity index (χ2n) is 7.51. The SMILES string of the molecule is CN1CCC(Oc2ccc(NC(=O)c3ccccc3-c3nccn3C)cc2)CC1. The van der Waals surface area contributed by atoms with Crippen LogP contribution in [0, 0.1) is 0 Å². The van der Waals surface area contributed by atoms with Crippen LogP contribution in [-0.2, 0) is 7.05 Å². The van der Waals surface area contributed by atoms with Crippen molar-refractivity contribution >= 4 is 11.6 Å². The summed E-state index contributed by atoms with van der Waals surface area (Å²) in [6, 6.07) is 15.1. The minimum atomic E-state index is -0.160. The number of likely N-dealkylation sites (tertiary alicyclic amines) is 1. The lowest BCUT2D eigenvalue weighted by atomic mass is 10.1. The molecule has 29 heavy (non-hydrogen) atoms. The monoisotopic (exact) mass is 390 g/mol. The summed E-state index contributed by atoms with van der Waals surface area (Å²) in [5, 5.41) is 2.98. The van der Waals surface area contributed by atoms with Gasteiger partial charge in [-0.3, -0.25) is 4.79 Å². The van der Waals surface area contributed by atoms with Crippen molar-refractivity contribution in [2.75, 3.05) is 25.5 Å². The van der Waals surface area contributed by atoms with Crippen molar-refractivity contribution < 1.29 is 9.53 Å². The van der Waals surface area contributed by atoms with Crippen molar-refractivity contribution in [1.82, 2.24) is 14.5 Å². The standard InChI is InChI=1S/C23H26N4O2/c1-26-14-11-19(12-15-26)29-18-9-7-17(8-10-18)25-23(28)21-6-4-3-5-20(21)22-24-13-16-27(22)2/h3-10,13,16,19H,11-12,14-15H2,1-2H3,(H,25,28). The number of nitrogens with zero attached hydrogens (tertiary/aromatic N) is 3. The highest BCUT2D eigenvalue weighted by molar-refractivity contribution is 6.08. The van der Waals surface area contributed by atoms with Crippen molar-refractivity contribution in [3.8, 4) is 17.1 Å². The number of hydrogen-bond donors (Lipinski definition) is 1. The Morgan fingerprint density at radius 3 is 2.48 bits per heavy atom. The first-order valence-corrected chi connectivity index (χ1v) is 9.93. The first-order chi connectivity index (χ1) is 14.1. The van der Waals surface area contributed by atoms with E-state index in [1.807, 2.05) is 66.3 Å². The summed E-state index contributed by atoms with van der Waals surface area (Å²) in [4.78, 5) is 19.6. The summed E-state index contributed by atoms with van der Waals surface area (Å²) in [5.41, 5.74) is 2.13. The number of carbonyl (C=O) groups is 1. The van der Waals surface area contributed by atoms with Crippen LogP contribution in [-0.4, -0.2) is 46.6 Å². The third kappa shape index (κ3) is 4.49. The highest BCUT2D eigenvalue weighted by Crippen LogP contribution is 2.24. The average molecular weight is 390 g/mol. The highest BCUT2D eigenvalue weighted by Gasteiger charge is 2.18. The molecular formula is C23H26N4O2. The number of aromatic nitrogens is 2. The Kier molecular flexibility index (Phi) is 5.62. The number of hydrogen-bond acceptors (Lipinski definition) is 4. The zero-order valence-corrected chi connectivity index (χ0v) is 16.8. The molecule has 1 aliphatic heterocycles. The molecule has 0 bridgehead atoms. The molecule has 4 rings (SSSR count). The van der Waals surface area contributed by atoms with Crippen LogP contribution >= 0.6 is 0 Å². The number of amides is 1. The molecule has 0 aliphatic carbocycles. The van der Waals surface area contributed by atoms with Gasteiger partial charge >= 0.3 is 0 Å². The first kappa shape index (κ1) is 19.2. The van der Waals surface area contributed by atoms with Gasteiger partial charge in [0.1, 0.15) is 17.7 Å². The van der Waals surface area contributed by atoms with Crippen LogP contribution in [0.15, 0.2) is 60.9 Å². The van der Waals surface area contributed by atoms with Crippen LogP contribution in [0.1, 0.15) is 23.2 Å². The Balaban J connectivity index is 1.44. The number of carbonyl (C=O) groups excluding carboxylic acids is 1. The van der Waals surface area contributed by atoms with Gasteiger partial charge in [-0.05, 0) is 50.2 Å². The second-order valence-corrected chi connectivity index (χ2v) is 7.51. The van der Waals surface area contributed by atoms with Gasteiger partial charge in [0.25, 0.3) is 5.91 Å². The van der Waals surface area contributed by atoms with E-state index in [9.17, 15) is 4.79 Å².